The Morgan fingerprint density at radius 2 is 2.06 bits per heavy atom. The van der Waals surface area contributed by atoms with Crippen LogP contribution >= 0.6 is 0 Å². The molecule has 0 spiro atoms. The van der Waals surface area contributed by atoms with Crippen LogP contribution in [0.25, 0.3) is 0 Å². The number of β-amino-alcohol motifs (C(OH)–C–C–N with tert-alkyl or cyclic N) is 1. The van der Waals surface area contributed by atoms with E-state index in [2.05, 4.69) is 32.6 Å². The van der Waals surface area contributed by atoms with E-state index in [1.165, 1.54) is 0 Å². The second-order valence-electron chi connectivity index (χ2n) is 5.83. The third-order valence-corrected chi connectivity index (χ3v) is 2.90. The van der Waals surface area contributed by atoms with Gasteiger partial charge >= 0.3 is 0 Å². The molecule has 1 saturated heterocycles. The van der Waals surface area contributed by atoms with Crippen LogP contribution < -0.4 is 12.4 Å². The van der Waals surface area contributed by atoms with Gasteiger partial charge in [0, 0.05) is 25.6 Å². The fraction of sp³-hybridized carbons (Fsp3) is 0.846. The van der Waals surface area contributed by atoms with E-state index in [0.29, 0.717) is 19.6 Å². The highest BCUT2D eigenvalue weighted by atomic mass is 35.5. The van der Waals surface area contributed by atoms with Crippen molar-refractivity contribution in [3.05, 3.63) is 12.2 Å². The number of aliphatic hydroxyl groups excluding tert-OH is 1. The van der Waals surface area contributed by atoms with E-state index in [-0.39, 0.29) is 38.5 Å². The molecule has 2 atom stereocenters. The molecule has 0 amide bonds. The van der Waals surface area contributed by atoms with Gasteiger partial charge in [0.05, 0.1) is 27.8 Å². The van der Waals surface area contributed by atoms with Crippen LogP contribution in [0.3, 0.4) is 0 Å². The van der Waals surface area contributed by atoms with Gasteiger partial charge in [-0.05, 0) is 0 Å². The van der Waals surface area contributed by atoms with Gasteiger partial charge in [-0.3, -0.25) is 9.29 Å². The third-order valence-electron chi connectivity index (χ3n) is 2.90. The molecule has 1 heterocycles. The van der Waals surface area contributed by atoms with Crippen LogP contribution in [0, 0.1) is 5.92 Å². The smallest absolute Gasteiger partial charge is 0.115 e. The van der Waals surface area contributed by atoms with E-state index in [1.807, 2.05) is 0 Å². The largest absolute Gasteiger partial charge is 1.00 e. The summed E-state index contributed by atoms with van der Waals surface area (Å²) >= 11 is 0. The lowest BCUT2D eigenvalue weighted by molar-refractivity contribution is -0.873. The molecule has 0 saturated carbocycles. The molecular formula is C13H28ClFN2O. The SMILES string of the molecule is C.C=C1CN(CC(O)C[N+](C)(C)C)CC1CF.[Cl-]. The van der Waals surface area contributed by atoms with Crippen LogP contribution in [-0.2, 0) is 0 Å². The molecule has 0 bridgehead atoms. The van der Waals surface area contributed by atoms with Gasteiger partial charge in [0.2, 0.25) is 0 Å². The minimum Gasteiger partial charge on any atom is -1.00 e. The van der Waals surface area contributed by atoms with Gasteiger partial charge < -0.3 is 22.0 Å². The van der Waals surface area contributed by atoms with E-state index in [9.17, 15) is 9.50 Å². The summed E-state index contributed by atoms with van der Waals surface area (Å²) in [6, 6.07) is 0. The minimum absolute atomic E-state index is 0. The number of aliphatic hydroxyl groups is 1. The van der Waals surface area contributed by atoms with Crippen molar-refractivity contribution < 1.29 is 26.4 Å². The number of likely N-dealkylation sites (N-methyl/N-ethyl adjacent to an activating group) is 1. The van der Waals surface area contributed by atoms with E-state index >= 15 is 0 Å². The number of halogens is 2. The molecule has 2 unspecified atom stereocenters. The first kappa shape index (κ1) is 20.2. The van der Waals surface area contributed by atoms with E-state index in [0.717, 1.165) is 16.6 Å². The summed E-state index contributed by atoms with van der Waals surface area (Å²) in [4.78, 5) is 2.09. The number of likely N-dealkylation sites (tertiary alicyclic amines) is 1. The van der Waals surface area contributed by atoms with Crippen LogP contribution in [0.4, 0.5) is 4.39 Å². The molecule has 1 N–H and O–H groups in total. The summed E-state index contributed by atoms with van der Waals surface area (Å²) < 4.78 is 13.3. The van der Waals surface area contributed by atoms with Crippen molar-refractivity contribution >= 4 is 0 Å². The molecule has 1 rings (SSSR count). The van der Waals surface area contributed by atoms with Gasteiger partial charge in [-0.2, -0.15) is 0 Å². The average Bonchev–Trinajstić information content (AvgIpc) is 2.42. The number of hydrogen-bond donors (Lipinski definition) is 1. The molecule has 0 aromatic heterocycles. The van der Waals surface area contributed by atoms with Crippen LogP contribution in [0.15, 0.2) is 12.2 Å². The Balaban J connectivity index is 0. The number of alkyl halides is 1. The zero-order valence-corrected chi connectivity index (χ0v) is 11.8. The molecule has 0 aliphatic carbocycles. The monoisotopic (exact) mass is 282 g/mol. The zero-order valence-electron chi connectivity index (χ0n) is 11.0. The highest BCUT2D eigenvalue weighted by Crippen LogP contribution is 2.21. The topological polar surface area (TPSA) is 23.5 Å². The van der Waals surface area contributed by atoms with Crippen molar-refractivity contribution in [1.82, 2.24) is 4.90 Å². The maximum absolute atomic E-state index is 12.6. The minimum atomic E-state index is -0.355. The average molecular weight is 283 g/mol. The van der Waals surface area contributed by atoms with Gasteiger partial charge in [0.25, 0.3) is 0 Å². The molecule has 0 aromatic rings. The van der Waals surface area contributed by atoms with Crippen molar-refractivity contribution in [3.8, 4) is 0 Å². The van der Waals surface area contributed by atoms with Gasteiger partial charge in [-0.25, -0.2) is 0 Å². The lowest BCUT2D eigenvalue weighted by Gasteiger charge is -2.28. The van der Waals surface area contributed by atoms with Gasteiger partial charge in [0.1, 0.15) is 12.6 Å². The summed E-state index contributed by atoms with van der Waals surface area (Å²) in [5.41, 5.74) is 0.958. The second kappa shape index (κ2) is 8.10. The maximum Gasteiger partial charge on any atom is 0.115 e. The van der Waals surface area contributed by atoms with Crippen molar-refractivity contribution in [3.63, 3.8) is 0 Å². The summed E-state index contributed by atoms with van der Waals surface area (Å²) in [5, 5.41) is 9.91. The summed E-state index contributed by atoms with van der Waals surface area (Å²) in [5.74, 6) is -0.0312. The van der Waals surface area contributed by atoms with Crippen LogP contribution in [0.5, 0.6) is 0 Å². The van der Waals surface area contributed by atoms with Crippen molar-refractivity contribution in [1.29, 1.82) is 0 Å². The number of hydrogen-bond acceptors (Lipinski definition) is 2. The molecule has 1 aliphatic heterocycles. The predicted molar refractivity (Wildman–Crippen MR) is 70.7 cm³/mol. The summed E-state index contributed by atoms with van der Waals surface area (Å²) in [7, 11) is 6.16. The van der Waals surface area contributed by atoms with Crippen LogP contribution in [0.2, 0.25) is 0 Å². The molecule has 0 radical (unpaired) electrons. The Bertz CT molecular complexity index is 256. The van der Waals surface area contributed by atoms with Crippen LogP contribution in [0.1, 0.15) is 7.43 Å². The highest BCUT2D eigenvalue weighted by Gasteiger charge is 2.28. The second-order valence-corrected chi connectivity index (χ2v) is 5.83. The summed E-state index contributed by atoms with van der Waals surface area (Å²) in [6.45, 7) is 6.29. The van der Waals surface area contributed by atoms with Crippen molar-refractivity contribution in [2.45, 2.75) is 13.5 Å². The van der Waals surface area contributed by atoms with Gasteiger partial charge in [-0.15, -0.1) is 0 Å². The van der Waals surface area contributed by atoms with E-state index < -0.39 is 0 Å². The van der Waals surface area contributed by atoms with Crippen molar-refractivity contribution in [2.75, 3.05) is 54.0 Å². The lowest BCUT2D eigenvalue weighted by atomic mass is 10.1. The first-order chi connectivity index (χ1) is 7.31. The first-order valence-corrected chi connectivity index (χ1v) is 5.76. The molecule has 3 nitrogen and oxygen atoms in total. The Morgan fingerprint density at radius 3 is 2.44 bits per heavy atom. The number of nitrogens with zero attached hydrogens (tertiary/aromatic N) is 2. The Hall–Kier alpha value is -0.160. The molecule has 1 aliphatic rings. The molecule has 5 heteroatoms. The maximum atomic E-state index is 12.6. The predicted octanol–water partition coefficient (Wildman–Crippen LogP) is -1.85. The highest BCUT2D eigenvalue weighted by molar-refractivity contribution is 5.10. The van der Waals surface area contributed by atoms with Gasteiger partial charge in [0.15, 0.2) is 0 Å². The molecule has 1 fully saturated rings. The van der Waals surface area contributed by atoms with Crippen molar-refractivity contribution in [2.24, 2.45) is 5.92 Å². The molecule has 0 aromatic carbocycles. The normalized spacial score (nSPS) is 22.3. The van der Waals surface area contributed by atoms with Crippen LogP contribution in [-0.4, -0.2) is 74.6 Å². The molecule has 18 heavy (non-hydrogen) atoms. The fourth-order valence-electron chi connectivity index (χ4n) is 2.21. The lowest BCUT2D eigenvalue weighted by Crippen LogP contribution is -3.00. The Kier molecular flexibility index (Phi) is 9.07. The quantitative estimate of drug-likeness (QED) is 0.473. The van der Waals surface area contributed by atoms with E-state index in [1.54, 1.807) is 0 Å². The number of quaternary nitrogens is 1. The third kappa shape index (κ3) is 6.69. The standard InChI is InChI=1S/C12H24FN2O.CH4.ClH/c1-10-6-14(7-11(10)5-13)8-12(16)9-15(2,3)4;;/h11-12,16H,1,5-9H2,2-4H3;1H4;1H/q+1;;/p-1. The molecular weight excluding hydrogens is 255 g/mol. The molecule has 110 valence electrons. The first-order valence-electron chi connectivity index (χ1n) is 5.76. The van der Waals surface area contributed by atoms with Gasteiger partial charge in [-0.1, -0.05) is 19.6 Å². The Morgan fingerprint density at radius 1 is 1.50 bits per heavy atom. The Labute approximate surface area is 117 Å². The van der Waals surface area contributed by atoms with E-state index in [4.69, 9.17) is 0 Å². The zero-order chi connectivity index (χ0) is 12.3. The summed E-state index contributed by atoms with van der Waals surface area (Å²) in [6.07, 6.45) is -0.355. The fourth-order valence-corrected chi connectivity index (χ4v) is 2.21. The number of rotatable bonds is 5.